The number of carbonyl (C=O) groups is 2. The average molecular weight is 255 g/mol. The normalized spacial score (nSPS) is 31.3. The lowest BCUT2D eigenvalue weighted by Gasteiger charge is -2.28. The van der Waals surface area contributed by atoms with Gasteiger partial charge in [-0.1, -0.05) is 0 Å². The molecule has 1 aliphatic carbocycles. The van der Waals surface area contributed by atoms with Crippen LogP contribution in [0.25, 0.3) is 0 Å². The molecule has 1 saturated heterocycles. The molecule has 1 amide bonds. The summed E-state index contributed by atoms with van der Waals surface area (Å²) < 4.78 is 5.37. The van der Waals surface area contributed by atoms with Crippen molar-refractivity contribution in [2.24, 2.45) is 11.8 Å². The topological polar surface area (TPSA) is 66.8 Å². The molecule has 0 spiro atoms. The van der Waals surface area contributed by atoms with Gasteiger partial charge in [0.2, 0.25) is 0 Å². The lowest BCUT2D eigenvalue weighted by atomic mass is 9.80. The Labute approximate surface area is 107 Å². The summed E-state index contributed by atoms with van der Waals surface area (Å²) in [4.78, 5) is 24.9. The van der Waals surface area contributed by atoms with E-state index in [9.17, 15) is 9.59 Å². The van der Waals surface area contributed by atoms with Gasteiger partial charge in [-0.25, -0.2) is 4.79 Å². The Bertz CT molecular complexity index is 360. The summed E-state index contributed by atoms with van der Waals surface area (Å²) >= 11 is 0. The first-order valence-corrected chi connectivity index (χ1v) is 6.50. The fourth-order valence-corrected chi connectivity index (χ4v) is 3.00. The number of amides is 1. The highest BCUT2D eigenvalue weighted by Crippen LogP contribution is 2.40. The molecule has 1 aliphatic heterocycles. The zero-order valence-corrected chi connectivity index (χ0v) is 11.2. The van der Waals surface area contributed by atoms with Crippen LogP contribution < -0.4 is 0 Å². The fraction of sp³-hybridized carbons (Fsp3) is 0.846. The summed E-state index contributed by atoms with van der Waals surface area (Å²) in [6.45, 7) is 6.05. The Morgan fingerprint density at radius 2 is 1.94 bits per heavy atom. The van der Waals surface area contributed by atoms with E-state index in [0.717, 1.165) is 12.8 Å². The number of nitrogens with zero attached hydrogens (tertiary/aromatic N) is 1. The highest BCUT2D eigenvalue weighted by Gasteiger charge is 2.46. The summed E-state index contributed by atoms with van der Waals surface area (Å²) in [5.41, 5.74) is -0.500. The van der Waals surface area contributed by atoms with Crippen molar-refractivity contribution in [1.29, 1.82) is 0 Å². The molecule has 2 fully saturated rings. The number of hydrogen-bond donors (Lipinski definition) is 1. The Kier molecular flexibility index (Phi) is 3.25. The molecule has 0 radical (unpaired) electrons. The molecule has 0 aromatic heterocycles. The first kappa shape index (κ1) is 13.2. The zero-order chi connectivity index (χ0) is 13.5. The average Bonchev–Trinajstić information content (AvgIpc) is 2.53. The molecular weight excluding hydrogens is 234 g/mol. The highest BCUT2D eigenvalue weighted by atomic mass is 16.6. The zero-order valence-electron chi connectivity index (χ0n) is 11.2. The Morgan fingerprint density at radius 1 is 1.28 bits per heavy atom. The Morgan fingerprint density at radius 3 is 2.50 bits per heavy atom. The highest BCUT2D eigenvalue weighted by molar-refractivity contribution is 5.72. The van der Waals surface area contributed by atoms with Gasteiger partial charge in [-0.3, -0.25) is 4.79 Å². The van der Waals surface area contributed by atoms with Crippen molar-refractivity contribution < 1.29 is 19.4 Å². The van der Waals surface area contributed by atoms with E-state index in [2.05, 4.69) is 0 Å². The van der Waals surface area contributed by atoms with Gasteiger partial charge in [-0.2, -0.15) is 0 Å². The van der Waals surface area contributed by atoms with Crippen LogP contribution in [0.1, 0.15) is 40.0 Å². The van der Waals surface area contributed by atoms with Crippen molar-refractivity contribution >= 4 is 12.1 Å². The molecule has 2 bridgehead atoms. The molecule has 3 unspecified atom stereocenters. The van der Waals surface area contributed by atoms with Crippen molar-refractivity contribution in [3.05, 3.63) is 0 Å². The van der Waals surface area contributed by atoms with E-state index >= 15 is 0 Å². The Hall–Kier alpha value is -1.26. The van der Waals surface area contributed by atoms with E-state index in [4.69, 9.17) is 9.84 Å². The van der Waals surface area contributed by atoms with Crippen LogP contribution in [0.15, 0.2) is 0 Å². The predicted molar refractivity (Wildman–Crippen MR) is 65.2 cm³/mol. The van der Waals surface area contributed by atoms with Gasteiger partial charge < -0.3 is 14.7 Å². The quantitative estimate of drug-likeness (QED) is 0.779. The minimum atomic E-state index is -0.732. The van der Waals surface area contributed by atoms with E-state index in [0.29, 0.717) is 13.0 Å². The third-order valence-electron chi connectivity index (χ3n) is 3.77. The monoisotopic (exact) mass is 255 g/mol. The molecule has 2 rings (SSSR count). The molecule has 1 N–H and O–H groups in total. The maximum Gasteiger partial charge on any atom is 0.410 e. The van der Waals surface area contributed by atoms with Gasteiger partial charge in [0.25, 0.3) is 0 Å². The number of ether oxygens (including phenoxy) is 1. The van der Waals surface area contributed by atoms with Gasteiger partial charge in [0.05, 0.1) is 5.92 Å². The minimum absolute atomic E-state index is 0.0915. The van der Waals surface area contributed by atoms with Crippen molar-refractivity contribution in [3.8, 4) is 0 Å². The number of carboxylic acid groups (broad SMARTS) is 1. The largest absolute Gasteiger partial charge is 0.481 e. The van der Waals surface area contributed by atoms with Crippen molar-refractivity contribution in [1.82, 2.24) is 4.90 Å². The van der Waals surface area contributed by atoms with Crippen LogP contribution in [-0.2, 0) is 9.53 Å². The molecule has 102 valence electrons. The van der Waals surface area contributed by atoms with Crippen molar-refractivity contribution in [2.45, 2.75) is 51.7 Å². The number of hydrogen-bond acceptors (Lipinski definition) is 3. The molecule has 1 heterocycles. The van der Waals surface area contributed by atoms with Gasteiger partial charge >= 0.3 is 12.1 Å². The molecule has 5 heteroatoms. The van der Waals surface area contributed by atoms with E-state index in [-0.39, 0.29) is 24.0 Å². The second-order valence-corrected chi connectivity index (χ2v) is 6.30. The van der Waals surface area contributed by atoms with Crippen LogP contribution in [0.5, 0.6) is 0 Å². The van der Waals surface area contributed by atoms with E-state index in [1.54, 1.807) is 4.90 Å². The molecule has 18 heavy (non-hydrogen) atoms. The number of carbonyl (C=O) groups excluding carboxylic acids is 1. The SMILES string of the molecule is CC(C)(C)OC(=O)N1CC2CC1CCC2C(=O)O. The van der Waals surface area contributed by atoms with Crippen LogP contribution in [0.4, 0.5) is 4.79 Å². The second kappa shape index (κ2) is 4.44. The van der Waals surface area contributed by atoms with Gasteiger partial charge in [0.15, 0.2) is 0 Å². The number of likely N-dealkylation sites (tertiary alicyclic amines) is 1. The predicted octanol–water partition coefficient (Wildman–Crippen LogP) is 2.11. The number of carboxylic acids is 1. The molecule has 1 saturated carbocycles. The van der Waals surface area contributed by atoms with Gasteiger partial charge in [0.1, 0.15) is 5.60 Å². The van der Waals surface area contributed by atoms with Crippen LogP contribution >= 0.6 is 0 Å². The standard InChI is InChI=1S/C13H21NO4/c1-13(2,3)18-12(17)14-7-8-6-9(14)4-5-10(8)11(15)16/h8-10H,4-7H2,1-3H3,(H,15,16). The van der Waals surface area contributed by atoms with Gasteiger partial charge in [-0.15, -0.1) is 0 Å². The lowest BCUT2D eigenvalue weighted by molar-refractivity contribution is -0.144. The van der Waals surface area contributed by atoms with Crippen LogP contribution in [0.2, 0.25) is 0 Å². The van der Waals surface area contributed by atoms with Crippen molar-refractivity contribution in [2.75, 3.05) is 6.54 Å². The second-order valence-electron chi connectivity index (χ2n) is 6.30. The molecule has 0 aromatic rings. The molecule has 2 aliphatic rings. The summed E-state index contributed by atoms with van der Waals surface area (Å²) in [7, 11) is 0. The summed E-state index contributed by atoms with van der Waals surface area (Å²) in [6.07, 6.45) is 1.94. The Balaban J connectivity index is 2.02. The summed E-state index contributed by atoms with van der Waals surface area (Å²) in [5.74, 6) is -0.938. The maximum atomic E-state index is 12.0. The smallest absolute Gasteiger partial charge is 0.410 e. The third-order valence-corrected chi connectivity index (χ3v) is 3.77. The summed E-state index contributed by atoms with van der Waals surface area (Å²) in [5, 5.41) is 9.13. The van der Waals surface area contributed by atoms with Crippen molar-refractivity contribution in [3.63, 3.8) is 0 Å². The summed E-state index contributed by atoms with van der Waals surface area (Å²) in [6, 6.07) is 0.167. The number of rotatable bonds is 1. The fourth-order valence-electron chi connectivity index (χ4n) is 3.00. The number of aliphatic carboxylic acids is 1. The van der Waals surface area contributed by atoms with E-state index < -0.39 is 11.6 Å². The minimum Gasteiger partial charge on any atom is -0.481 e. The van der Waals surface area contributed by atoms with Gasteiger partial charge in [0, 0.05) is 12.6 Å². The lowest BCUT2D eigenvalue weighted by Crippen LogP contribution is -2.39. The third kappa shape index (κ3) is 2.60. The van der Waals surface area contributed by atoms with Crippen LogP contribution in [-0.4, -0.2) is 40.3 Å². The first-order chi connectivity index (χ1) is 8.28. The van der Waals surface area contributed by atoms with E-state index in [1.807, 2.05) is 20.8 Å². The van der Waals surface area contributed by atoms with E-state index in [1.165, 1.54) is 0 Å². The first-order valence-electron chi connectivity index (χ1n) is 6.50. The maximum absolute atomic E-state index is 12.0. The van der Waals surface area contributed by atoms with Gasteiger partial charge in [-0.05, 0) is 46.0 Å². The molecule has 5 nitrogen and oxygen atoms in total. The molecule has 3 atom stereocenters. The van der Waals surface area contributed by atoms with Crippen LogP contribution in [0.3, 0.4) is 0 Å². The molecular formula is C13H21NO4. The number of fused-ring (bicyclic) bond motifs is 2. The molecule has 0 aromatic carbocycles. The van der Waals surface area contributed by atoms with Crippen LogP contribution in [0, 0.1) is 11.8 Å².